The Kier molecular flexibility index (Phi) is 7.88. The number of nitro groups is 1. The zero-order valence-electron chi connectivity index (χ0n) is 22.1. The van der Waals surface area contributed by atoms with Crippen molar-refractivity contribution in [3.8, 4) is 17.1 Å². The Morgan fingerprint density at radius 2 is 1.77 bits per heavy atom. The number of nitrogens with zero attached hydrogens (tertiary/aromatic N) is 3. The van der Waals surface area contributed by atoms with Crippen LogP contribution in [0.3, 0.4) is 0 Å². The second kappa shape index (κ2) is 11.4. The van der Waals surface area contributed by atoms with E-state index in [1.165, 1.54) is 24.3 Å². The molecule has 214 valence electrons. The highest BCUT2D eigenvalue weighted by molar-refractivity contribution is 5.58. The molecule has 5 rings (SSSR count). The van der Waals surface area contributed by atoms with E-state index >= 15 is 0 Å². The maximum Gasteiger partial charge on any atom is 0.573 e. The molecule has 1 aliphatic carbocycles. The average Bonchev–Trinajstić information content (AvgIpc) is 3.38. The number of hydrogen-bond donors (Lipinski definition) is 2. The van der Waals surface area contributed by atoms with Crippen LogP contribution in [-0.2, 0) is 0 Å². The van der Waals surface area contributed by atoms with Crippen LogP contribution in [0.1, 0.15) is 45.4 Å². The van der Waals surface area contributed by atoms with Crippen LogP contribution in [0.25, 0.3) is 11.3 Å². The Hall–Kier alpha value is -3.80. The Bertz CT molecular complexity index is 1300. The molecule has 1 aromatic heterocycles. The Balaban J connectivity index is 1.22. The van der Waals surface area contributed by atoms with Crippen LogP contribution in [-0.4, -0.2) is 47.0 Å². The summed E-state index contributed by atoms with van der Waals surface area (Å²) in [7, 11) is 0. The Morgan fingerprint density at radius 3 is 2.45 bits per heavy atom. The molecule has 2 N–H and O–H groups in total. The summed E-state index contributed by atoms with van der Waals surface area (Å²) in [4.78, 5) is 17.3. The number of alkyl halides is 3. The lowest BCUT2D eigenvalue weighted by molar-refractivity contribution is -0.384. The lowest BCUT2D eigenvalue weighted by Gasteiger charge is -2.46. The Labute approximate surface area is 229 Å². The van der Waals surface area contributed by atoms with Crippen molar-refractivity contribution >= 4 is 17.4 Å². The molecule has 0 bridgehead atoms. The van der Waals surface area contributed by atoms with Crippen molar-refractivity contribution in [2.24, 2.45) is 0 Å². The largest absolute Gasteiger partial charge is 0.573 e. The lowest BCUT2D eigenvalue weighted by atomic mass is 9.84. The minimum atomic E-state index is -4.74. The van der Waals surface area contributed by atoms with Crippen LogP contribution in [0.2, 0.25) is 0 Å². The fraction of sp³-hybridized carbons (Fsp3) is 0.464. The Morgan fingerprint density at radius 1 is 1.07 bits per heavy atom. The van der Waals surface area contributed by atoms with Gasteiger partial charge in [-0.1, -0.05) is 12.8 Å². The highest BCUT2D eigenvalue weighted by Gasteiger charge is 2.37. The van der Waals surface area contributed by atoms with Gasteiger partial charge in [-0.25, -0.2) is 4.98 Å². The number of nitro benzene ring substituents is 1. The summed E-state index contributed by atoms with van der Waals surface area (Å²) < 4.78 is 47.2. The van der Waals surface area contributed by atoms with Gasteiger partial charge in [0.25, 0.3) is 11.7 Å². The number of nitrogens with one attached hydrogen (secondary N) is 2. The van der Waals surface area contributed by atoms with E-state index in [2.05, 4.69) is 32.2 Å². The number of ether oxygens (including phenoxy) is 1. The maximum absolute atomic E-state index is 12.4. The first-order valence-electron chi connectivity index (χ1n) is 13.4. The van der Waals surface area contributed by atoms with Crippen LogP contribution in [0.5, 0.6) is 5.75 Å². The number of rotatable bonds is 8. The van der Waals surface area contributed by atoms with Gasteiger partial charge in [-0.3, -0.25) is 10.1 Å². The number of non-ortho nitro benzene ring substituents is 1. The van der Waals surface area contributed by atoms with E-state index in [4.69, 9.17) is 4.42 Å². The molecule has 3 atom stereocenters. The third-order valence-electron chi connectivity index (χ3n) is 7.61. The SMILES string of the molecule is C[C@]1(NC2CCCCC2Nc2ncc(-c3ccc(OC(F)(F)F)cc3)o2)CCCN(c2ccc([N+](=O)[O-])cc2)C1. The van der Waals surface area contributed by atoms with Crippen molar-refractivity contribution in [3.05, 3.63) is 64.8 Å². The van der Waals surface area contributed by atoms with E-state index in [0.29, 0.717) is 17.3 Å². The fourth-order valence-corrected chi connectivity index (χ4v) is 5.74. The summed E-state index contributed by atoms with van der Waals surface area (Å²) in [6.07, 6.45) is 2.96. The normalized spacial score (nSPS) is 23.6. The van der Waals surface area contributed by atoms with Gasteiger partial charge in [0.1, 0.15) is 5.75 Å². The summed E-state index contributed by atoms with van der Waals surface area (Å²) in [5.41, 5.74) is 1.50. The summed E-state index contributed by atoms with van der Waals surface area (Å²) in [5, 5.41) is 18.4. The first kappa shape index (κ1) is 27.8. The van der Waals surface area contributed by atoms with Crippen LogP contribution in [0, 0.1) is 10.1 Å². The molecule has 2 unspecified atom stereocenters. The van der Waals surface area contributed by atoms with Crippen LogP contribution < -0.4 is 20.3 Å². The van der Waals surface area contributed by atoms with Gasteiger partial charge in [0.05, 0.1) is 11.1 Å². The molecule has 12 heteroatoms. The van der Waals surface area contributed by atoms with Gasteiger partial charge >= 0.3 is 6.36 Å². The molecule has 0 amide bonds. The van der Waals surface area contributed by atoms with Gasteiger partial charge in [-0.05, 0) is 69.0 Å². The van der Waals surface area contributed by atoms with Gasteiger partial charge in [-0.2, -0.15) is 0 Å². The molecule has 2 fully saturated rings. The van der Waals surface area contributed by atoms with E-state index in [0.717, 1.165) is 57.3 Å². The molecule has 2 heterocycles. The van der Waals surface area contributed by atoms with Crippen LogP contribution in [0.4, 0.5) is 30.6 Å². The van der Waals surface area contributed by atoms with Crippen molar-refractivity contribution in [2.75, 3.05) is 23.3 Å². The first-order valence-corrected chi connectivity index (χ1v) is 13.4. The predicted octanol–water partition coefficient (Wildman–Crippen LogP) is 6.52. The summed E-state index contributed by atoms with van der Waals surface area (Å²) in [6, 6.07) is 12.8. The van der Waals surface area contributed by atoms with Crippen molar-refractivity contribution in [2.45, 2.75) is 69.4 Å². The fourth-order valence-electron chi connectivity index (χ4n) is 5.74. The van der Waals surface area contributed by atoms with E-state index < -0.39 is 6.36 Å². The van der Waals surface area contributed by atoms with Gasteiger partial charge in [0, 0.05) is 54.1 Å². The van der Waals surface area contributed by atoms with Gasteiger partial charge < -0.3 is 24.7 Å². The molecular formula is C28H32F3N5O4. The van der Waals surface area contributed by atoms with Crippen molar-refractivity contribution in [3.63, 3.8) is 0 Å². The van der Waals surface area contributed by atoms with E-state index in [9.17, 15) is 23.3 Å². The molecule has 1 saturated heterocycles. The zero-order chi connectivity index (χ0) is 28.3. The van der Waals surface area contributed by atoms with Crippen molar-refractivity contribution in [1.82, 2.24) is 10.3 Å². The van der Waals surface area contributed by atoms with E-state index in [1.807, 2.05) is 12.1 Å². The number of hydrogen-bond acceptors (Lipinski definition) is 8. The summed E-state index contributed by atoms with van der Waals surface area (Å²) in [5.74, 6) is 0.146. The number of halogens is 3. The average molecular weight is 560 g/mol. The van der Waals surface area contributed by atoms with Crippen LogP contribution in [0.15, 0.2) is 59.1 Å². The standard InChI is InChI=1S/C28H32F3N5O4/c1-27(15-4-16-35(18-27)20-9-11-21(12-10-20)36(37)38)34-24-6-3-2-5-23(24)33-26-32-17-25(39-26)19-7-13-22(14-8-19)40-28(29,30)31/h7-14,17,23-24,34H,2-6,15-16,18H2,1H3,(H,32,33)/t23?,24?,27-/m0/s1. The highest BCUT2D eigenvalue weighted by Crippen LogP contribution is 2.32. The number of aromatic nitrogens is 1. The van der Waals surface area contributed by atoms with Gasteiger partial charge in [0.2, 0.25) is 0 Å². The highest BCUT2D eigenvalue weighted by atomic mass is 19.4. The smallest absolute Gasteiger partial charge is 0.424 e. The van der Waals surface area contributed by atoms with E-state index in [-0.39, 0.29) is 34.0 Å². The zero-order valence-corrected chi connectivity index (χ0v) is 22.1. The third-order valence-corrected chi connectivity index (χ3v) is 7.61. The monoisotopic (exact) mass is 559 g/mol. The van der Waals surface area contributed by atoms with Gasteiger partial charge in [0.15, 0.2) is 5.76 Å². The lowest BCUT2D eigenvalue weighted by Crippen LogP contribution is -2.61. The molecule has 2 aromatic carbocycles. The van der Waals surface area contributed by atoms with Crippen molar-refractivity contribution in [1.29, 1.82) is 0 Å². The van der Waals surface area contributed by atoms with Crippen molar-refractivity contribution < 1.29 is 27.2 Å². The predicted molar refractivity (Wildman–Crippen MR) is 144 cm³/mol. The quantitative estimate of drug-likeness (QED) is 0.237. The molecule has 40 heavy (non-hydrogen) atoms. The topological polar surface area (TPSA) is 106 Å². The number of oxazole rings is 1. The number of piperidine rings is 1. The van der Waals surface area contributed by atoms with E-state index in [1.54, 1.807) is 18.3 Å². The third kappa shape index (κ3) is 6.85. The molecule has 0 radical (unpaired) electrons. The molecule has 1 aliphatic heterocycles. The molecule has 0 spiro atoms. The van der Waals surface area contributed by atoms with Crippen LogP contribution >= 0.6 is 0 Å². The minimum absolute atomic E-state index is 0.0833. The maximum atomic E-state index is 12.4. The summed E-state index contributed by atoms with van der Waals surface area (Å²) in [6.45, 7) is 3.90. The molecule has 2 aliphatic rings. The second-order valence-electron chi connectivity index (χ2n) is 10.7. The summed E-state index contributed by atoms with van der Waals surface area (Å²) >= 11 is 0. The van der Waals surface area contributed by atoms with Gasteiger partial charge in [-0.15, -0.1) is 13.2 Å². The molecule has 1 saturated carbocycles. The molecular weight excluding hydrogens is 527 g/mol. The molecule has 9 nitrogen and oxygen atoms in total. The number of benzene rings is 2. The number of anilines is 2. The first-order chi connectivity index (χ1) is 19.1. The minimum Gasteiger partial charge on any atom is -0.424 e. The second-order valence-corrected chi connectivity index (χ2v) is 10.7. The molecule has 3 aromatic rings.